The van der Waals surface area contributed by atoms with Gasteiger partial charge in [0, 0.05) is 7.05 Å². The highest BCUT2D eigenvalue weighted by Crippen LogP contribution is 1.97. The molecule has 0 aliphatic carbocycles. The number of hydrogen-bond donors (Lipinski definition) is 1. The van der Waals surface area contributed by atoms with Crippen molar-refractivity contribution in [3.05, 3.63) is 0 Å². The Hall–Kier alpha value is -0.570. The van der Waals surface area contributed by atoms with Crippen LogP contribution in [0.5, 0.6) is 0 Å². The summed E-state index contributed by atoms with van der Waals surface area (Å²) in [5.41, 5.74) is 0. The van der Waals surface area contributed by atoms with Gasteiger partial charge in [0.1, 0.15) is 0 Å². The minimum Gasteiger partial charge on any atom is -0.358 e. The third-order valence-electron chi connectivity index (χ3n) is 1.56. The quantitative estimate of drug-likeness (QED) is 0.608. The molecule has 1 unspecified atom stereocenters. The molecular formula is C7H16N2O. The lowest BCUT2D eigenvalue weighted by molar-refractivity contribution is -0.125. The van der Waals surface area contributed by atoms with Gasteiger partial charge in [-0.05, 0) is 20.5 Å². The molecule has 0 bridgehead atoms. The summed E-state index contributed by atoms with van der Waals surface area (Å²) in [4.78, 5) is 12.9. The summed E-state index contributed by atoms with van der Waals surface area (Å²) in [6.07, 6.45) is 0.854. The van der Waals surface area contributed by atoms with Crippen molar-refractivity contribution in [1.29, 1.82) is 0 Å². The molecule has 0 spiro atoms. The van der Waals surface area contributed by atoms with Crippen LogP contribution in [0, 0.1) is 0 Å². The van der Waals surface area contributed by atoms with Gasteiger partial charge in [-0.25, -0.2) is 0 Å². The van der Waals surface area contributed by atoms with Crippen molar-refractivity contribution in [2.24, 2.45) is 0 Å². The van der Waals surface area contributed by atoms with Crippen LogP contribution in [-0.2, 0) is 4.79 Å². The second-order valence-corrected chi connectivity index (χ2v) is 2.50. The van der Waals surface area contributed by atoms with E-state index in [9.17, 15) is 4.79 Å². The molecule has 0 radical (unpaired) electrons. The van der Waals surface area contributed by atoms with Crippen molar-refractivity contribution in [2.75, 3.05) is 21.1 Å². The highest BCUT2D eigenvalue weighted by atomic mass is 16.2. The number of amides is 1. The normalized spacial score (nSPS) is 13.3. The molecule has 0 aliphatic heterocycles. The zero-order valence-corrected chi connectivity index (χ0v) is 7.14. The van der Waals surface area contributed by atoms with Gasteiger partial charge < -0.3 is 5.32 Å². The number of carbonyl (C=O) groups is 1. The molecule has 0 rings (SSSR count). The van der Waals surface area contributed by atoms with Gasteiger partial charge in [-0.1, -0.05) is 6.92 Å². The fourth-order valence-corrected chi connectivity index (χ4v) is 0.952. The minimum atomic E-state index is 0.0185. The Morgan fingerprint density at radius 3 is 2.20 bits per heavy atom. The fraction of sp³-hybridized carbons (Fsp3) is 0.857. The molecule has 0 saturated carbocycles. The minimum absolute atomic E-state index is 0.0185. The van der Waals surface area contributed by atoms with E-state index in [0.29, 0.717) is 0 Å². The van der Waals surface area contributed by atoms with Crippen LogP contribution >= 0.6 is 0 Å². The summed E-state index contributed by atoms with van der Waals surface area (Å²) in [5, 5.41) is 2.62. The van der Waals surface area contributed by atoms with Crippen LogP contribution < -0.4 is 5.32 Å². The summed E-state index contributed by atoms with van der Waals surface area (Å²) in [7, 11) is 5.47. The maximum absolute atomic E-state index is 11.0. The number of rotatable bonds is 3. The topological polar surface area (TPSA) is 32.3 Å². The lowest BCUT2D eigenvalue weighted by atomic mass is 10.2. The first-order valence-corrected chi connectivity index (χ1v) is 3.51. The van der Waals surface area contributed by atoms with E-state index < -0.39 is 0 Å². The molecule has 0 aromatic heterocycles. The van der Waals surface area contributed by atoms with Crippen LogP contribution in [0.25, 0.3) is 0 Å². The molecule has 60 valence electrons. The van der Waals surface area contributed by atoms with E-state index in [-0.39, 0.29) is 11.9 Å². The van der Waals surface area contributed by atoms with Gasteiger partial charge in [-0.15, -0.1) is 0 Å². The summed E-state index contributed by atoms with van der Waals surface area (Å²) in [5.74, 6) is 0.0903. The Bertz CT molecular complexity index is 112. The third-order valence-corrected chi connectivity index (χ3v) is 1.56. The van der Waals surface area contributed by atoms with Gasteiger partial charge in [0.05, 0.1) is 6.04 Å². The maximum atomic E-state index is 11.0. The van der Waals surface area contributed by atoms with Gasteiger partial charge in [-0.3, -0.25) is 9.69 Å². The van der Waals surface area contributed by atoms with Crippen molar-refractivity contribution >= 4 is 5.91 Å². The highest BCUT2D eigenvalue weighted by molar-refractivity contribution is 5.81. The van der Waals surface area contributed by atoms with Gasteiger partial charge in [-0.2, -0.15) is 0 Å². The van der Waals surface area contributed by atoms with Crippen molar-refractivity contribution in [1.82, 2.24) is 10.2 Å². The van der Waals surface area contributed by atoms with Crippen LogP contribution in [0.2, 0.25) is 0 Å². The van der Waals surface area contributed by atoms with Crippen molar-refractivity contribution in [3.8, 4) is 0 Å². The Labute approximate surface area is 62.4 Å². The maximum Gasteiger partial charge on any atom is 0.237 e. The fourth-order valence-electron chi connectivity index (χ4n) is 0.952. The van der Waals surface area contributed by atoms with Gasteiger partial charge in [0.25, 0.3) is 0 Å². The SMILES string of the molecule is CCC(C(=O)NC)N(C)C. The molecule has 3 nitrogen and oxygen atoms in total. The number of nitrogens with one attached hydrogen (secondary N) is 1. The molecule has 0 saturated heterocycles. The Morgan fingerprint density at radius 1 is 1.60 bits per heavy atom. The lowest BCUT2D eigenvalue weighted by Gasteiger charge is -2.20. The Morgan fingerprint density at radius 2 is 2.10 bits per heavy atom. The molecule has 3 heteroatoms. The third kappa shape index (κ3) is 2.35. The molecule has 0 aromatic rings. The second-order valence-electron chi connectivity index (χ2n) is 2.50. The smallest absolute Gasteiger partial charge is 0.237 e. The molecule has 0 aromatic carbocycles. The number of nitrogens with zero attached hydrogens (tertiary/aromatic N) is 1. The van der Waals surface area contributed by atoms with Crippen molar-refractivity contribution in [3.63, 3.8) is 0 Å². The first-order valence-electron chi connectivity index (χ1n) is 3.51. The number of hydrogen-bond acceptors (Lipinski definition) is 2. The Kier molecular flexibility index (Phi) is 4.03. The van der Waals surface area contributed by atoms with E-state index in [1.54, 1.807) is 7.05 Å². The molecular weight excluding hydrogens is 128 g/mol. The summed E-state index contributed by atoms with van der Waals surface area (Å²) < 4.78 is 0. The highest BCUT2D eigenvalue weighted by Gasteiger charge is 2.15. The summed E-state index contributed by atoms with van der Waals surface area (Å²) in [6, 6.07) is 0.0185. The lowest BCUT2D eigenvalue weighted by Crippen LogP contribution is -2.41. The average molecular weight is 144 g/mol. The largest absolute Gasteiger partial charge is 0.358 e. The standard InChI is InChI=1S/C7H16N2O/c1-5-6(9(3)4)7(10)8-2/h6H,5H2,1-4H3,(H,8,10). The van der Waals surface area contributed by atoms with Crippen LogP contribution in [0.4, 0.5) is 0 Å². The zero-order valence-electron chi connectivity index (χ0n) is 7.14. The van der Waals surface area contributed by atoms with Crippen molar-refractivity contribution < 1.29 is 4.79 Å². The van der Waals surface area contributed by atoms with E-state index in [2.05, 4.69) is 5.32 Å². The van der Waals surface area contributed by atoms with Crippen LogP contribution in [0.1, 0.15) is 13.3 Å². The van der Waals surface area contributed by atoms with Crippen LogP contribution in [0.3, 0.4) is 0 Å². The van der Waals surface area contributed by atoms with E-state index in [1.807, 2.05) is 25.9 Å². The first-order chi connectivity index (χ1) is 4.63. The Balaban J connectivity index is 3.93. The monoisotopic (exact) mass is 144 g/mol. The molecule has 0 heterocycles. The molecule has 1 atom stereocenters. The molecule has 10 heavy (non-hydrogen) atoms. The second kappa shape index (κ2) is 4.28. The predicted molar refractivity (Wildman–Crippen MR) is 41.8 cm³/mol. The van der Waals surface area contributed by atoms with E-state index >= 15 is 0 Å². The van der Waals surface area contributed by atoms with Gasteiger partial charge in [0.2, 0.25) is 5.91 Å². The molecule has 1 N–H and O–H groups in total. The predicted octanol–water partition coefficient (Wildman–Crippen LogP) is 0.0726. The van der Waals surface area contributed by atoms with Gasteiger partial charge in [0.15, 0.2) is 0 Å². The van der Waals surface area contributed by atoms with Crippen LogP contribution in [0.15, 0.2) is 0 Å². The van der Waals surface area contributed by atoms with E-state index in [1.165, 1.54) is 0 Å². The first kappa shape index (κ1) is 9.43. The van der Waals surface area contributed by atoms with Crippen LogP contribution in [-0.4, -0.2) is 38.0 Å². The zero-order chi connectivity index (χ0) is 8.15. The summed E-state index contributed by atoms with van der Waals surface area (Å²) in [6.45, 7) is 2.00. The molecule has 0 fully saturated rings. The number of likely N-dealkylation sites (N-methyl/N-ethyl adjacent to an activating group) is 2. The summed E-state index contributed by atoms with van der Waals surface area (Å²) >= 11 is 0. The average Bonchev–Trinajstić information content (AvgIpc) is 1.88. The van der Waals surface area contributed by atoms with E-state index in [0.717, 1.165) is 6.42 Å². The van der Waals surface area contributed by atoms with Crippen molar-refractivity contribution in [2.45, 2.75) is 19.4 Å². The number of carbonyl (C=O) groups excluding carboxylic acids is 1. The van der Waals surface area contributed by atoms with Gasteiger partial charge >= 0.3 is 0 Å². The molecule has 0 aliphatic rings. The molecule has 1 amide bonds. The van der Waals surface area contributed by atoms with E-state index in [4.69, 9.17) is 0 Å².